The third kappa shape index (κ3) is 12.1. The lowest BCUT2D eigenvalue weighted by Gasteiger charge is -2.17. The van der Waals surface area contributed by atoms with Crippen molar-refractivity contribution in [2.24, 2.45) is 0 Å². The highest BCUT2D eigenvalue weighted by atomic mass is 127. The molecule has 0 aromatic heterocycles. The second kappa shape index (κ2) is 15.3. The van der Waals surface area contributed by atoms with E-state index >= 15 is 0 Å². The minimum absolute atomic E-state index is 0.269. The quantitative estimate of drug-likeness (QED) is 0.310. The van der Waals surface area contributed by atoms with E-state index in [2.05, 4.69) is 0 Å². The van der Waals surface area contributed by atoms with Gasteiger partial charge in [0.05, 0.1) is 46.2 Å². The van der Waals surface area contributed by atoms with Gasteiger partial charge in [0.2, 0.25) is 0 Å². The van der Waals surface area contributed by atoms with Crippen LogP contribution in [0.25, 0.3) is 0 Å². The monoisotopic (exact) mass is 467 g/mol. The topological polar surface area (TPSA) is 66.5 Å². The fourth-order valence-electron chi connectivity index (χ4n) is 1.75. The van der Waals surface area contributed by atoms with Crippen molar-refractivity contribution in [1.29, 1.82) is 0 Å². The first kappa shape index (κ1) is 22.1. The highest BCUT2D eigenvalue weighted by Crippen LogP contribution is 2.02. The zero-order chi connectivity index (χ0) is 18.2. The third-order valence-electron chi connectivity index (χ3n) is 3.14. The molecule has 7 nitrogen and oxygen atoms in total. The summed E-state index contributed by atoms with van der Waals surface area (Å²) in [5.41, 5.74) is 0.962. The number of halogens is 1. The molecule has 142 valence electrons. The first-order chi connectivity index (χ1) is 12.2. The molecule has 25 heavy (non-hydrogen) atoms. The van der Waals surface area contributed by atoms with Crippen molar-refractivity contribution in [3.8, 4) is 0 Å². The van der Waals surface area contributed by atoms with Crippen LogP contribution in [0.3, 0.4) is 0 Å². The van der Waals surface area contributed by atoms with Crippen molar-refractivity contribution in [1.82, 2.24) is 4.90 Å². The molecule has 0 aliphatic heterocycles. The second-order valence-electron chi connectivity index (χ2n) is 5.11. The summed E-state index contributed by atoms with van der Waals surface area (Å²) in [6.07, 6.45) is -0.365. The molecule has 0 unspecified atom stereocenters. The van der Waals surface area contributed by atoms with E-state index in [1.165, 1.54) is 4.90 Å². The summed E-state index contributed by atoms with van der Waals surface area (Å²) in [4.78, 5) is 13.3. The van der Waals surface area contributed by atoms with Gasteiger partial charge in [-0.15, -0.1) is 0 Å². The van der Waals surface area contributed by atoms with Crippen LogP contribution >= 0.6 is 23.0 Å². The highest BCUT2D eigenvalue weighted by molar-refractivity contribution is 14.1. The van der Waals surface area contributed by atoms with Crippen molar-refractivity contribution in [3.05, 3.63) is 35.9 Å². The Bertz CT molecular complexity index is 448. The summed E-state index contributed by atoms with van der Waals surface area (Å²) in [5, 5.41) is 0. The molecule has 0 heterocycles. The molecule has 0 atom stereocenters. The predicted octanol–water partition coefficient (Wildman–Crippen LogP) is 2.67. The van der Waals surface area contributed by atoms with Gasteiger partial charge in [0.1, 0.15) is 29.6 Å². The number of hydrogen-bond donors (Lipinski definition) is 0. The Kier molecular flexibility index (Phi) is 13.5. The number of hydrogen-bond acceptors (Lipinski definition) is 6. The van der Waals surface area contributed by atoms with Gasteiger partial charge in [0.25, 0.3) is 0 Å². The van der Waals surface area contributed by atoms with Gasteiger partial charge in [0, 0.05) is 13.6 Å². The average molecular weight is 467 g/mol. The molecule has 1 aromatic rings. The molecule has 0 saturated carbocycles. The van der Waals surface area contributed by atoms with E-state index < -0.39 is 0 Å². The largest absolute Gasteiger partial charge is 0.445 e. The molecule has 0 spiro atoms. The van der Waals surface area contributed by atoms with Crippen LogP contribution < -0.4 is 0 Å². The Hall–Kier alpha value is -0.940. The van der Waals surface area contributed by atoms with Crippen LogP contribution in [0.5, 0.6) is 0 Å². The van der Waals surface area contributed by atoms with E-state index in [4.69, 9.17) is 22.0 Å². The summed E-state index contributed by atoms with van der Waals surface area (Å²) in [6, 6.07) is 9.58. The number of carbonyl (C=O) groups excluding carboxylic acids is 1. The zero-order valence-corrected chi connectivity index (χ0v) is 16.7. The number of amides is 1. The Balaban J connectivity index is 1.92. The highest BCUT2D eigenvalue weighted by Gasteiger charge is 2.09. The van der Waals surface area contributed by atoms with Crippen molar-refractivity contribution in [2.75, 3.05) is 59.8 Å². The molecule has 0 saturated heterocycles. The summed E-state index contributed by atoms with van der Waals surface area (Å²) in [7, 11) is 1.68. The first-order valence-electron chi connectivity index (χ1n) is 8.12. The molecule has 8 heteroatoms. The zero-order valence-electron chi connectivity index (χ0n) is 14.5. The van der Waals surface area contributed by atoms with E-state index in [1.54, 1.807) is 7.05 Å². The Labute approximate surface area is 163 Å². The van der Waals surface area contributed by atoms with Crippen LogP contribution in [-0.4, -0.2) is 70.8 Å². The van der Waals surface area contributed by atoms with Crippen LogP contribution in [0, 0.1) is 0 Å². The van der Waals surface area contributed by atoms with Crippen LogP contribution in [0.2, 0.25) is 0 Å². The normalized spacial score (nSPS) is 10.6. The molecule has 0 bridgehead atoms. The lowest BCUT2D eigenvalue weighted by Crippen LogP contribution is -2.31. The Morgan fingerprint density at radius 1 is 0.920 bits per heavy atom. The van der Waals surface area contributed by atoms with Gasteiger partial charge in [0.15, 0.2) is 0 Å². The minimum Gasteiger partial charge on any atom is -0.445 e. The van der Waals surface area contributed by atoms with E-state index in [0.717, 1.165) is 5.56 Å². The summed E-state index contributed by atoms with van der Waals surface area (Å²) in [5.74, 6) is 0. The smallest absolute Gasteiger partial charge is 0.409 e. The number of nitrogens with zero attached hydrogens (tertiary/aromatic N) is 1. The van der Waals surface area contributed by atoms with Gasteiger partial charge in [-0.25, -0.2) is 4.79 Å². The molecule has 1 rings (SSSR count). The first-order valence-corrected chi connectivity index (χ1v) is 9.00. The fourth-order valence-corrected chi connectivity index (χ4v) is 1.93. The average Bonchev–Trinajstić information content (AvgIpc) is 2.64. The van der Waals surface area contributed by atoms with Crippen LogP contribution in [0.15, 0.2) is 30.3 Å². The van der Waals surface area contributed by atoms with Crippen molar-refractivity contribution >= 4 is 29.1 Å². The number of ether oxygens (including phenoxy) is 4. The number of carbonyl (C=O) groups is 1. The van der Waals surface area contributed by atoms with E-state index in [9.17, 15) is 4.79 Å². The Morgan fingerprint density at radius 2 is 1.48 bits per heavy atom. The number of likely N-dealkylation sites (N-methyl/N-ethyl adjacent to an activating group) is 1. The van der Waals surface area contributed by atoms with E-state index in [-0.39, 0.29) is 12.7 Å². The van der Waals surface area contributed by atoms with Gasteiger partial charge >= 0.3 is 6.09 Å². The Morgan fingerprint density at radius 3 is 2.08 bits per heavy atom. The van der Waals surface area contributed by atoms with Crippen LogP contribution in [0.4, 0.5) is 4.79 Å². The molecule has 0 aliphatic rings. The lowest BCUT2D eigenvalue weighted by molar-refractivity contribution is 0.00818. The molecular formula is C17H26INO6. The summed E-state index contributed by atoms with van der Waals surface area (Å²) < 4.78 is 26.1. The lowest BCUT2D eigenvalue weighted by atomic mass is 10.2. The molecular weight excluding hydrogens is 441 g/mol. The van der Waals surface area contributed by atoms with Gasteiger partial charge in [-0.05, 0) is 5.56 Å². The maximum Gasteiger partial charge on any atom is 0.409 e. The van der Waals surface area contributed by atoms with Crippen LogP contribution in [-0.2, 0) is 28.6 Å². The van der Waals surface area contributed by atoms with Crippen LogP contribution in [0.1, 0.15) is 5.56 Å². The standard InChI is InChI=1S/C17H26INO6/c1-19(17(20)24-15-16-5-3-2-4-6-16)7-8-21-9-10-22-11-12-23-13-14-25-18/h2-6H,7-15H2,1H3. The van der Waals surface area contributed by atoms with E-state index in [1.807, 2.05) is 53.3 Å². The molecule has 1 aromatic carbocycles. The minimum atomic E-state index is -0.365. The molecule has 0 fully saturated rings. The summed E-state index contributed by atoms with van der Waals surface area (Å²) in [6.45, 7) is 4.34. The number of benzene rings is 1. The molecule has 0 aliphatic carbocycles. The van der Waals surface area contributed by atoms with Crippen molar-refractivity contribution in [2.45, 2.75) is 6.61 Å². The molecule has 1 amide bonds. The maximum absolute atomic E-state index is 11.8. The van der Waals surface area contributed by atoms with Gasteiger partial charge < -0.3 is 26.9 Å². The second-order valence-corrected chi connectivity index (χ2v) is 5.73. The molecule has 0 radical (unpaired) electrons. The SMILES string of the molecule is CN(CCOCCOCCOCCOI)C(=O)OCc1ccccc1. The van der Waals surface area contributed by atoms with Crippen molar-refractivity contribution in [3.63, 3.8) is 0 Å². The van der Waals surface area contributed by atoms with Gasteiger partial charge in [-0.2, -0.15) is 0 Å². The predicted molar refractivity (Wildman–Crippen MR) is 102 cm³/mol. The fraction of sp³-hybridized carbons (Fsp3) is 0.588. The molecule has 0 N–H and O–H groups in total. The third-order valence-corrected chi connectivity index (χ3v) is 3.58. The van der Waals surface area contributed by atoms with Gasteiger partial charge in [-0.1, -0.05) is 30.3 Å². The van der Waals surface area contributed by atoms with Crippen molar-refractivity contribution < 1.29 is 26.8 Å². The maximum atomic E-state index is 11.8. The van der Waals surface area contributed by atoms with E-state index in [0.29, 0.717) is 52.8 Å². The number of rotatable bonds is 14. The van der Waals surface area contributed by atoms with Gasteiger partial charge in [-0.3, -0.25) is 0 Å². The summed E-state index contributed by atoms with van der Waals surface area (Å²) >= 11 is 1.83.